The Morgan fingerprint density at radius 3 is 2.71 bits per heavy atom. The van der Waals surface area contributed by atoms with Gasteiger partial charge in [-0.25, -0.2) is 4.79 Å². The first-order valence-electron chi connectivity index (χ1n) is 7.55. The van der Waals surface area contributed by atoms with Crippen LogP contribution in [-0.2, 0) is 4.79 Å². The van der Waals surface area contributed by atoms with Gasteiger partial charge in [0.2, 0.25) is 5.91 Å². The first-order valence-corrected chi connectivity index (χ1v) is 7.55. The summed E-state index contributed by atoms with van der Waals surface area (Å²) in [5, 5.41) is 5.63. The van der Waals surface area contributed by atoms with Crippen LogP contribution in [0.4, 0.5) is 10.5 Å². The Bertz CT molecular complexity index is 496. The summed E-state index contributed by atoms with van der Waals surface area (Å²) in [5.74, 6) is 0.357. The Morgan fingerprint density at radius 2 is 2.00 bits per heavy atom. The Morgan fingerprint density at radius 1 is 1.24 bits per heavy atom. The highest BCUT2D eigenvalue weighted by Gasteiger charge is 2.16. The van der Waals surface area contributed by atoms with E-state index in [9.17, 15) is 9.59 Å². The van der Waals surface area contributed by atoms with Gasteiger partial charge in [-0.1, -0.05) is 32.3 Å². The number of nitrogens with one attached hydrogen (secondary N) is 2. The summed E-state index contributed by atoms with van der Waals surface area (Å²) in [6, 6.07) is 7.07. The molecular weight excluding hydrogens is 268 g/mol. The second-order valence-corrected chi connectivity index (χ2v) is 5.30. The van der Waals surface area contributed by atoms with Gasteiger partial charge >= 0.3 is 6.09 Å². The molecule has 1 fully saturated rings. The van der Waals surface area contributed by atoms with Crippen LogP contribution in [0.1, 0.15) is 45.4 Å². The molecule has 1 aliphatic rings. The van der Waals surface area contributed by atoms with Gasteiger partial charge < -0.3 is 15.4 Å². The maximum absolute atomic E-state index is 11.8. The van der Waals surface area contributed by atoms with Gasteiger partial charge in [0.25, 0.3) is 0 Å². The molecule has 0 aliphatic heterocycles. The van der Waals surface area contributed by atoms with E-state index in [2.05, 4.69) is 10.6 Å². The fourth-order valence-electron chi connectivity index (χ4n) is 2.44. The number of ether oxygens (including phenoxy) is 1. The van der Waals surface area contributed by atoms with Crippen molar-refractivity contribution >= 4 is 17.7 Å². The van der Waals surface area contributed by atoms with Crippen molar-refractivity contribution in [1.29, 1.82) is 0 Å². The third kappa shape index (κ3) is 5.10. The quantitative estimate of drug-likeness (QED) is 0.892. The van der Waals surface area contributed by atoms with E-state index in [-0.39, 0.29) is 11.9 Å². The number of rotatable bonds is 4. The van der Waals surface area contributed by atoms with E-state index < -0.39 is 6.09 Å². The van der Waals surface area contributed by atoms with Gasteiger partial charge in [0.05, 0.1) is 0 Å². The molecule has 114 valence electrons. The van der Waals surface area contributed by atoms with E-state index in [0.717, 1.165) is 25.7 Å². The maximum atomic E-state index is 11.8. The third-order valence-corrected chi connectivity index (χ3v) is 3.58. The maximum Gasteiger partial charge on any atom is 0.412 e. The number of hydrogen-bond donors (Lipinski definition) is 2. The average molecular weight is 290 g/mol. The number of anilines is 1. The van der Waals surface area contributed by atoms with E-state index in [1.54, 1.807) is 31.2 Å². The van der Waals surface area contributed by atoms with Gasteiger partial charge in [-0.05, 0) is 25.0 Å². The Balaban J connectivity index is 1.87. The van der Waals surface area contributed by atoms with Gasteiger partial charge in [0.15, 0.2) is 0 Å². The Kier molecular flexibility index (Phi) is 5.60. The zero-order valence-electron chi connectivity index (χ0n) is 12.4. The molecule has 0 saturated heterocycles. The minimum absolute atomic E-state index is 0.0705. The van der Waals surface area contributed by atoms with Crippen LogP contribution in [0.15, 0.2) is 24.3 Å². The first-order chi connectivity index (χ1) is 10.2. The van der Waals surface area contributed by atoms with E-state index >= 15 is 0 Å². The average Bonchev–Trinajstić information content (AvgIpc) is 2.48. The van der Waals surface area contributed by atoms with Crippen molar-refractivity contribution in [1.82, 2.24) is 5.32 Å². The molecule has 0 bridgehead atoms. The van der Waals surface area contributed by atoms with Crippen LogP contribution in [-0.4, -0.2) is 18.0 Å². The van der Waals surface area contributed by atoms with Gasteiger partial charge in [-0.3, -0.25) is 4.79 Å². The number of carbonyl (C=O) groups is 2. The zero-order valence-corrected chi connectivity index (χ0v) is 12.4. The van der Waals surface area contributed by atoms with Crippen molar-refractivity contribution < 1.29 is 14.3 Å². The van der Waals surface area contributed by atoms with E-state index in [0.29, 0.717) is 17.9 Å². The minimum atomic E-state index is -0.430. The molecule has 1 aliphatic carbocycles. The first kappa shape index (κ1) is 15.4. The molecule has 0 spiro atoms. The molecule has 1 saturated carbocycles. The standard InChI is InChI=1S/C16H22N2O3/c1-2-15(19)17-13-9-6-10-14(11-13)21-16(20)18-12-7-4-3-5-8-12/h6,9-12H,2-5,7-8H2,1H3,(H,17,19)(H,18,20). The number of benzene rings is 1. The summed E-state index contributed by atoms with van der Waals surface area (Å²) in [6.45, 7) is 1.79. The molecule has 0 aromatic heterocycles. The molecule has 2 amide bonds. The normalized spacial score (nSPS) is 15.3. The largest absolute Gasteiger partial charge is 0.412 e. The van der Waals surface area contributed by atoms with Crippen LogP contribution in [0.25, 0.3) is 0 Å². The Hall–Kier alpha value is -2.04. The van der Waals surface area contributed by atoms with E-state index in [1.807, 2.05) is 0 Å². The van der Waals surface area contributed by atoms with Crippen molar-refractivity contribution in [2.45, 2.75) is 51.5 Å². The van der Waals surface area contributed by atoms with Gasteiger partial charge in [-0.15, -0.1) is 0 Å². The molecule has 0 heterocycles. The number of carbonyl (C=O) groups excluding carboxylic acids is 2. The summed E-state index contributed by atoms with van der Waals surface area (Å²) in [6.07, 6.45) is 5.57. The lowest BCUT2D eigenvalue weighted by Crippen LogP contribution is -2.38. The molecule has 2 rings (SSSR count). The number of hydrogen-bond acceptors (Lipinski definition) is 3. The molecule has 0 radical (unpaired) electrons. The van der Waals surface area contributed by atoms with Crippen LogP contribution in [0, 0.1) is 0 Å². The zero-order chi connectivity index (χ0) is 15.1. The van der Waals surface area contributed by atoms with Crippen molar-refractivity contribution in [3.63, 3.8) is 0 Å². The van der Waals surface area contributed by atoms with Crippen LogP contribution in [0.5, 0.6) is 5.75 Å². The molecule has 5 nitrogen and oxygen atoms in total. The molecule has 21 heavy (non-hydrogen) atoms. The lowest BCUT2D eigenvalue weighted by Gasteiger charge is -2.22. The van der Waals surface area contributed by atoms with Gasteiger partial charge in [0, 0.05) is 24.2 Å². The SMILES string of the molecule is CCC(=O)Nc1cccc(OC(=O)NC2CCCCC2)c1. The fraction of sp³-hybridized carbons (Fsp3) is 0.500. The minimum Gasteiger partial charge on any atom is -0.410 e. The summed E-state index contributed by atoms with van der Waals surface area (Å²) in [5.41, 5.74) is 0.629. The van der Waals surface area contributed by atoms with Gasteiger partial charge in [0.1, 0.15) is 5.75 Å². The van der Waals surface area contributed by atoms with Gasteiger partial charge in [-0.2, -0.15) is 0 Å². The third-order valence-electron chi connectivity index (χ3n) is 3.58. The predicted molar refractivity (Wildman–Crippen MR) is 81.4 cm³/mol. The number of amides is 2. The van der Waals surface area contributed by atoms with Crippen LogP contribution in [0.2, 0.25) is 0 Å². The second kappa shape index (κ2) is 7.67. The summed E-state index contributed by atoms with van der Waals surface area (Å²) >= 11 is 0. The van der Waals surface area contributed by atoms with E-state index in [1.165, 1.54) is 6.42 Å². The smallest absolute Gasteiger partial charge is 0.410 e. The highest BCUT2D eigenvalue weighted by atomic mass is 16.6. The summed E-state index contributed by atoms with van der Waals surface area (Å²) < 4.78 is 5.27. The van der Waals surface area contributed by atoms with Crippen molar-refractivity contribution in [2.24, 2.45) is 0 Å². The van der Waals surface area contributed by atoms with Crippen molar-refractivity contribution in [3.8, 4) is 5.75 Å². The highest BCUT2D eigenvalue weighted by Crippen LogP contribution is 2.19. The lowest BCUT2D eigenvalue weighted by atomic mass is 9.96. The summed E-state index contributed by atoms with van der Waals surface area (Å²) in [7, 11) is 0. The summed E-state index contributed by atoms with van der Waals surface area (Å²) in [4.78, 5) is 23.2. The van der Waals surface area contributed by atoms with Crippen molar-refractivity contribution in [2.75, 3.05) is 5.32 Å². The highest BCUT2D eigenvalue weighted by molar-refractivity contribution is 5.90. The van der Waals surface area contributed by atoms with Crippen LogP contribution >= 0.6 is 0 Å². The molecule has 5 heteroatoms. The Labute approximate surface area is 125 Å². The van der Waals surface area contributed by atoms with Crippen molar-refractivity contribution in [3.05, 3.63) is 24.3 Å². The topological polar surface area (TPSA) is 67.4 Å². The predicted octanol–water partition coefficient (Wildman–Crippen LogP) is 3.46. The molecule has 0 unspecified atom stereocenters. The molecule has 0 atom stereocenters. The lowest BCUT2D eigenvalue weighted by molar-refractivity contribution is -0.115. The fourth-order valence-corrected chi connectivity index (χ4v) is 2.44. The second-order valence-electron chi connectivity index (χ2n) is 5.30. The molecule has 1 aromatic carbocycles. The molecule has 2 N–H and O–H groups in total. The molecular formula is C16H22N2O3. The molecule has 1 aromatic rings. The van der Waals surface area contributed by atoms with E-state index in [4.69, 9.17) is 4.74 Å². The monoisotopic (exact) mass is 290 g/mol. The van der Waals surface area contributed by atoms with Crippen LogP contribution < -0.4 is 15.4 Å². The van der Waals surface area contributed by atoms with Crippen LogP contribution in [0.3, 0.4) is 0 Å².